The largest absolute Gasteiger partial charge is 0.396 e. The molecule has 1 aromatic heterocycles. The summed E-state index contributed by atoms with van der Waals surface area (Å²) in [7, 11) is 0. The van der Waals surface area contributed by atoms with Gasteiger partial charge in [0.25, 0.3) is 0 Å². The molecular weight excluding hydrogens is 240 g/mol. The first-order chi connectivity index (χ1) is 9.24. The SMILES string of the molecule is CCNc1ncc(C)c(NC2CCCCC2CO)n1. The topological polar surface area (TPSA) is 70.1 Å². The molecule has 3 N–H and O–H groups in total. The van der Waals surface area contributed by atoms with Crippen LogP contribution in [0.4, 0.5) is 11.8 Å². The highest BCUT2D eigenvalue weighted by molar-refractivity contribution is 5.47. The first kappa shape index (κ1) is 14.1. The predicted molar refractivity (Wildman–Crippen MR) is 77.4 cm³/mol. The van der Waals surface area contributed by atoms with E-state index in [0.29, 0.717) is 17.9 Å². The molecule has 1 aliphatic rings. The molecule has 5 nitrogen and oxygen atoms in total. The molecule has 106 valence electrons. The molecule has 2 atom stereocenters. The molecule has 2 rings (SSSR count). The lowest BCUT2D eigenvalue weighted by Crippen LogP contribution is -2.35. The van der Waals surface area contributed by atoms with Crippen molar-refractivity contribution in [2.24, 2.45) is 5.92 Å². The molecule has 19 heavy (non-hydrogen) atoms. The lowest BCUT2D eigenvalue weighted by Gasteiger charge is -2.31. The lowest BCUT2D eigenvalue weighted by atomic mass is 9.85. The van der Waals surface area contributed by atoms with Gasteiger partial charge in [0.05, 0.1) is 0 Å². The summed E-state index contributed by atoms with van der Waals surface area (Å²) in [6.45, 7) is 5.10. The van der Waals surface area contributed by atoms with E-state index in [1.807, 2.05) is 20.0 Å². The summed E-state index contributed by atoms with van der Waals surface area (Å²) in [5.74, 6) is 1.88. The Morgan fingerprint density at radius 2 is 2.16 bits per heavy atom. The first-order valence-corrected chi connectivity index (χ1v) is 7.19. The summed E-state index contributed by atoms with van der Waals surface area (Å²) in [6, 6.07) is 0.321. The van der Waals surface area contributed by atoms with Crippen LogP contribution in [0.2, 0.25) is 0 Å². The van der Waals surface area contributed by atoms with Gasteiger partial charge in [0, 0.05) is 36.9 Å². The second-order valence-corrected chi connectivity index (χ2v) is 5.23. The minimum Gasteiger partial charge on any atom is -0.396 e. The van der Waals surface area contributed by atoms with Crippen LogP contribution in [0, 0.1) is 12.8 Å². The van der Waals surface area contributed by atoms with Crippen molar-refractivity contribution < 1.29 is 5.11 Å². The fourth-order valence-electron chi connectivity index (χ4n) is 2.62. The molecule has 2 unspecified atom stereocenters. The first-order valence-electron chi connectivity index (χ1n) is 7.19. The van der Waals surface area contributed by atoms with Crippen LogP contribution in [-0.2, 0) is 0 Å². The van der Waals surface area contributed by atoms with Gasteiger partial charge in [0.15, 0.2) is 0 Å². The van der Waals surface area contributed by atoms with Gasteiger partial charge in [-0.05, 0) is 26.7 Å². The van der Waals surface area contributed by atoms with Crippen molar-refractivity contribution in [3.05, 3.63) is 11.8 Å². The van der Waals surface area contributed by atoms with E-state index in [-0.39, 0.29) is 6.61 Å². The van der Waals surface area contributed by atoms with E-state index in [1.54, 1.807) is 0 Å². The van der Waals surface area contributed by atoms with Crippen LogP contribution in [0.5, 0.6) is 0 Å². The predicted octanol–water partition coefficient (Wildman–Crippen LogP) is 2.18. The van der Waals surface area contributed by atoms with Gasteiger partial charge in [-0.15, -0.1) is 0 Å². The molecule has 1 fully saturated rings. The van der Waals surface area contributed by atoms with E-state index < -0.39 is 0 Å². The molecule has 1 aromatic rings. The maximum Gasteiger partial charge on any atom is 0.224 e. The van der Waals surface area contributed by atoms with Gasteiger partial charge < -0.3 is 15.7 Å². The Balaban J connectivity index is 2.10. The zero-order valence-corrected chi connectivity index (χ0v) is 11.8. The molecule has 0 radical (unpaired) electrons. The number of rotatable bonds is 5. The van der Waals surface area contributed by atoms with Crippen LogP contribution in [0.15, 0.2) is 6.20 Å². The summed E-state index contributed by atoms with van der Waals surface area (Å²) in [5, 5.41) is 16.1. The highest BCUT2D eigenvalue weighted by atomic mass is 16.3. The maximum atomic E-state index is 9.46. The Kier molecular flexibility index (Phi) is 4.96. The molecule has 1 saturated carbocycles. The van der Waals surface area contributed by atoms with Crippen molar-refractivity contribution in [2.45, 2.75) is 45.6 Å². The van der Waals surface area contributed by atoms with Crippen molar-refractivity contribution >= 4 is 11.8 Å². The Morgan fingerprint density at radius 3 is 2.89 bits per heavy atom. The average Bonchev–Trinajstić information content (AvgIpc) is 2.43. The standard InChI is InChI=1S/C14H24N4O/c1-3-15-14-16-8-10(2)13(18-14)17-12-7-5-4-6-11(12)9-19/h8,11-12,19H,3-7,9H2,1-2H3,(H2,15,16,17,18). The van der Waals surface area contributed by atoms with E-state index in [4.69, 9.17) is 0 Å². The van der Waals surface area contributed by atoms with E-state index in [0.717, 1.165) is 30.8 Å². The zero-order valence-electron chi connectivity index (χ0n) is 11.8. The van der Waals surface area contributed by atoms with Crippen molar-refractivity contribution in [1.29, 1.82) is 0 Å². The minimum atomic E-state index is 0.252. The highest BCUT2D eigenvalue weighted by Gasteiger charge is 2.25. The Morgan fingerprint density at radius 1 is 1.37 bits per heavy atom. The zero-order chi connectivity index (χ0) is 13.7. The van der Waals surface area contributed by atoms with E-state index in [1.165, 1.54) is 12.8 Å². The summed E-state index contributed by atoms with van der Waals surface area (Å²) >= 11 is 0. The molecule has 1 aliphatic carbocycles. The van der Waals surface area contributed by atoms with Gasteiger partial charge >= 0.3 is 0 Å². The lowest BCUT2D eigenvalue weighted by molar-refractivity contribution is 0.178. The van der Waals surface area contributed by atoms with Crippen LogP contribution in [0.1, 0.15) is 38.2 Å². The summed E-state index contributed by atoms with van der Waals surface area (Å²) in [6.07, 6.45) is 6.47. The van der Waals surface area contributed by atoms with E-state index >= 15 is 0 Å². The average molecular weight is 264 g/mol. The van der Waals surface area contributed by atoms with Crippen LogP contribution in [0.25, 0.3) is 0 Å². The number of nitrogens with one attached hydrogen (secondary N) is 2. The molecule has 0 saturated heterocycles. The highest BCUT2D eigenvalue weighted by Crippen LogP contribution is 2.27. The van der Waals surface area contributed by atoms with Gasteiger partial charge in [-0.1, -0.05) is 12.8 Å². The number of aliphatic hydroxyl groups is 1. The molecule has 0 spiro atoms. The molecule has 5 heteroatoms. The third-order valence-electron chi connectivity index (χ3n) is 3.77. The maximum absolute atomic E-state index is 9.46. The summed E-state index contributed by atoms with van der Waals surface area (Å²) in [5.41, 5.74) is 1.05. The number of hydrogen-bond donors (Lipinski definition) is 3. The Labute approximate surface area is 114 Å². The van der Waals surface area contributed by atoms with Gasteiger partial charge in [-0.2, -0.15) is 4.98 Å². The van der Waals surface area contributed by atoms with Crippen LogP contribution < -0.4 is 10.6 Å². The number of aryl methyl sites for hydroxylation is 1. The third-order valence-corrected chi connectivity index (χ3v) is 3.77. The quantitative estimate of drug-likeness (QED) is 0.760. The minimum absolute atomic E-state index is 0.252. The van der Waals surface area contributed by atoms with Gasteiger partial charge in [0.1, 0.15) is 5.82 Å². The second-order valence-electron chi connectivity index (χ2n) is 5.23. The number of anilines is 2. The smallest absolute Gasteiger partial charge is 0.224 e. The number of hydrogen-bond acceptors (Lipinski definition) is 5. The fraction of sp³-hybridized carbons (Fsp3) is 0.714. The monoisotopic (exact) mass is 264 g/mol. The van der Waals surface area contributed by atoms with Crippen molar-refractivity contribution in [1.82, 2.24) is 9.97 Å². The normalized spacial score (nSPS) is 23.1. The molecule has 1 heterocycles. The van der Waals surface area contributed by atoms with Crippen LogP contribution in [0.3, 0.4) is 0 Å². The molecular formula is C14H24N4O. The molecule has 0 aromatic carbocycles. The Hall–Kier alpha value is -1.36. The van der Waals surface area contributed by atoms with E-state index in [9.17, 15) is 5.11 Å². The molecule has 0 bridgehead atoms. The number of aliphatic hydroxyl groups excluding tert-OH is 1. The summed E-state index contributed by atoms with van der Waals surface area (Å²) in [4.78, 5) is 8.76. The van der Waals surface area contributed by atoms with Gasteiger partial charge in [-0.25, -0.2) is 4.98 Å². The van der Waals surface area contributed by atoms with Crippen molar-refractivity contribution in [3.8, 4) is 0 Å². The fourth-order valence-corrected chi connectivity index (χ4v) is 2.62. The molecule has 0 aliphatic heterocycles. The number of nitrogens with zero attached hydrogens (tertiary/aromatic N) is 2. The van der Waals surface area contributed by atoms with Gasteiger partial charge in [-0.3, -0.25) is 0 Å². The summed E-state index contributed by atoms with van der Waals surface area (Å²) < 4.78 is 0. The Bertz CT molecular complexity index is 410. The van der Waals surface area contributed by atoms with Crippen molar-refractivity contribution in [2.75, 3.05) is 23.8 Å². The van der Waals surface area contributed by atoms with Gasteiger partial charge in [0.2, 0.25) is 5.95 Å². The number of aromatic nitrogens is 2. The van der Waals surface area contributed by atoms with Crippen molar-refractivity contribution in [3.63, 3.8) is 0 Å². The second kappa shape index (κ2) is 6.70. The van der Waals surface area contributed by atoms with Crippen LogP contribution in [-0.4, -0.2) is 34.3 Å². The third kappa shape index (κ3) is 3.56. The van der Waals surface area contributed by atoms with Crippen LogP contribution >= 0.6 is 0 Å². The van der Waals surface area contributed by atoms with E-state index in [2.05, 4.69) is 20.6 Å². The molecule has 0 amide bonds.